The molecule has 0 spiro atoms. The first kappa shape index (κ1) is 19.3. The molecule has 0 unspecified atom stereocenters. The Morgan fingerprint density at radius 2 is 1.89 bits per heavy atom. The molecular weight excluding hydrogens is 364 g/mol. The monoisotopic (exact) mass is 394 g/mol. The highest BCUT2D eigenvalue weighted by Gasteiger charge is 2.19. The summed E-state index contributed by atoms with van der Waals surface area (Å²) < 4.78 is 0. The molecule has 0 atom stereocenters. The van der Waals surface area contributed by atoms with Crippen LogP contribution in [-0.2, 0) is 0 Å². The molecule has 3 aromatic rings. The van der Waals surface area contributed by atoms with E-state index in [2.05, 4.69) is 40.4 Å². The third-order valence-electron chi connectivity index (χ3n) is 6.09. The summed E-state index contributed by atoms with van der Waals surface area (Å²) in [6.07, 6.45) is 13.5. The molecule has 3 heterocycles. The molecule has 148 valence electrons. The molecular formula is C23H30N4S. The minimum Gasteiger partial charge on any atom is -0.370 e. The number of hydrogen-bond acceptors (Lipinski definition) is 5. The molecule has 0 bridgehead atoms. The largest absolute Gasteiger partial charge is 0.370 e. The number of aromatic nitrogens is 3. The third kappa shape index (κ3) is 4.69. The molecule has 1 aliphatic rings. The van der Waals surface area contributed by atoms with Gasteiger partial charge in [0, 0.05) is 30.4 Å². The fraction of sp³-hybridized carbons (Fsp3) is 0.522. The van der Waals surface area contributed by atoms with Gasteiger partial charge in [-0.3, -0.25) is 0 Å². The summed E-state index contributed by atoms with van der Waals surface area (Å²) in [6.45, 7) is 5.35. The Kier molecular flexibility index (Phi) is 6.20. The van der Waals surface area contributed by atoms with Gasteiger partial charge in [0.25, 0.3) is 0 Å². The molecule has 1 saturated carbocycles. The third-order valence-corrected chi connectivity index (χ3v) is 7.02. The molecule has 3 aromatic heterocycles. The molecule has 1 N–H and O–H groups in total. The number of fused-ring (bicyclic) bond motifs is 1. The van der Waals surface area contributed by atoms with Crippen LogP contribution in [0.25, 0.3) is 21.5 Å². The summed E-state index contributed by atoms with van der Waals surface area (Å²) in [5.74, 6) is 2.84. The molecule has 1 fully saturated rings. The Bertz CT molecular complexity index is 912. The number of rotatable bonds is 7. The van der Waals surface area contributed by atoms with Crippen LogP contribution < -0.4 is 5.32 Å². The SMILES string of the molecule is CCC1CCC(CCCNc2cc3nc(-c4cnc(C)s4)ccc3cn2)CC1. The van der Waals surface area contributed by atoms with Crippen molar-refractivity contribution in [3.8, 4) is 10.6 Å². The number of hydrogen-bond donors (Lipinski definition) is 1. The lowest BCUT2D eigenvalue weighted by Crippen LogP contribution is -2.15. The van der Waals surface area contributed by atoms with Gasteiger partial charge in [0.2, 0.25) is 0 Å². The second-order valence-corrected chi connectivity index (χ2v) is 9.30. The molecule has 0 aliphatic heterocycles. The number of aryl methyl sites for hydroxylation is 1. The Morgan fingerprint density at radius 3 is 2.64 bits per heavy atom. The molecule has 4 nitrogen and oxygen atoms in total. The maximum absolute atomic E-state index is 4.83. The lowest BCUT2D eigenvalue weighted by atomic mass is 9.79. The van der Waals surface area contributed by atoms with Gasteiger partial charge in [-0.2, -0.15) is 0 Å². The van der Waals surface area contributed by atoms with Crippen molar-refractivity contribution in [2.45, 2.75) is 58.8 Å². The predicted molar refractivity (Wildman–Crippen MR) is 119 cm³/mol. The van der Waals surface area contributed by atoms with Crippen molar-refractivity contribution in [2.75, 3.05) is 11.9 Å². The second kappa shape index (κ2) is 8.99. The van der Waals surface area contributed by atoms with Gasteiger partial charge in [0.1, 0.15) is 5.82 Å². The zero-order valence-corrected chi connectivity index (χ0v) is 17.8. The minimum atomic E-state index is 0.923. The van der Waals surface area contributed by atoms with E-state index in [1.807, 2.05) is 19.3 Å². The fourth-order valence-corrected chi connectivity index (χ4v) is 5.01. The van der Waals surface area contributed by atoms with E-state index < -0.39 is 0 Å². The Balaban J connectivity index is 1.32. The number of nitrogens with one attached hydrogen (secondary N) is 1. The molecule has 1 aliphatic carbocycles. The summed E-state index contributed by atoms with van der Waals surface area (Å²) >= 11 is 1.68. The van der Waals surface area contributed by atoms with Crippen molar-refractivity contribution in [2.24, 2.45) is 11.8 Å². The minimum absolute atomic E-state index is 0.923. The van der Waals surface area contributed by atoms with E-state index in [1.54, 1.807) is 11.3 Å². The molecule has 28 heavy (non-hydrogen) atoms. The zero-order valence-electron chi connectivity index (χ0n) is 16.9. The predicted octanol–water partition coefficient (Wildman–Crippen LogP) is 6.47. The van der Waals surface area contributed by atoms with E-state index in [-0.39, 0.29) is 0 Å². The van der Waals surface area contributed by atoms with Crippen molar-refractivity contribution in [3.05, 3.63) is 35.6 Å². The van der Waals surface area contributed by atoms with E-state index >= 15 is 0 Å². The average Bonchev–Trinajstić information content (AvgIpc) is 3.17. The lowest BCUT2D eigenvalue weighted by molar-refractivity contribution is 0.256. The van der Waals surface area contributed by atoms with Crippen LogP contribution in [0.5, 0.6) is 0 Å². The number of pyridine rings is 2. The number of anilines is 1. The quantitative estimate of drug-likeness (QED) is 0.467. The van der Waals surface area contributed by atoms with Crippen LogP contribution in [0.3, 0.4) is 0 Å². The van der Waals surface area contributed by atoms with Crippen molar-refractivity contribution in [1.82, 2.24) is 15.0 Å². The first-order valence-electron chi connectivity index (χ1n) is 10.6. The summed E-state index contributed by atoms with van der Waals surface area (Å²) in [5.41, 5.74) is 1.97. The van der Waals surface area contributed by atoms with Crippen LogP contribution in [0.15, 0.2) is 30.6 Å². The van der Waals surface area contributed by atoms with Crippen LogP contribution in [0.4, 0.5) is 5.82 Å². The normalized spacial score (nSPS) is 19.8. The number of nitrogens with zero attached hydrogens (tertiary/aromatic N) is 3. The summed E-state index contributed by atoms with van der Waals surface area (Å²) in [7, 11) is 0. The Morgan fingerprint density at radius 1 is 1.07 bits per heavy atom. The standard InChI is InChI=1S/C23H30N4S/c1-3-17-6-8-18(9-7-17)5-4-12-24-23-13-21-19(14-26-23)10-11-20(27-21)22-15-25-16(2)28-22/h10-11,13-15,17-18H,3-9,12H2,1-2H3,(H,24,26). The number of thiazole rings is 1. The first-order chi connectivity index (χ1) is 13.7. The fourth-order valence-electron chi connectivity index (χ4n) is 4.27. The van der Waals surface area contributed by atoms with Crippen molar-refractivity contribution in [1.29, 1.82) is 0 Å². The van der Waals surface area contributed by atoms with Gasteiger partial charge in [-0.05, 0) is 43.7 Å². The molecule has 5 heteroatoms. The van der Waals surface area contributed by atoms with Gasteiger partial charge >= 0.3 is 0 Å². The highest BCUT2D eigenvalue weighted by Crippen LogP contribution is 2.33. The molecule has 0 aromatic carbocycles. The summed E-state index contributed by atoms with van der Waals surface area (Å²) in [6, 6.07) is 6.21. The van der Waals surface area contributed by atoms with Gasteiger partial charge < -0.3 is 5.32 Å². The molecule has 0 amide bonds. The van der Waals surface area contributed by atoms with Crippen LogP contribution in [0.1, 0.15) is 56.9 Å². The molecule has 0 radical (unpaired) electrons. The van der Waals surface area contributed by atoms with Crippen LogP contribution >= 0.6 is 11.3 Å². The van der Waals surface area contributed by atoms with Gasteiger partial charge in [0.05, 0.1) is 21.1 Å². The van der Waals surface area contributed by atoms with Gasteiger partial charge in [0.15, 0.2) is 0 Å². The van der Waals surface area contributed by atoms with Crippen molar-refractivity contribution >= 4 is 28.1 Å². The summed E-state index contributed by atoms with van der Waals surface area (Å²) in [5, 5.41) is 5.64. The topological polar surface area (TPSA) is 50.7 Å². The highest BCUT2D eigenvalue weighted by atomic mass is 32.1. The van der Waals surface area contributed by atoms with E-state index in [0.29, 0.717) is 0 Å². The lowest BCUT2D eigenvalue weighted by Gasteiger charge is -2.27. The molecule has 4 rings (SSSR count). The van der Waals surface area contributed by atoms with E-state index in [1.165, 1.54) is 44.9 Å². The highest BCUT2D eigenvalue weighted by molar-refractivity contribution is 7.15. The van der Waals surface area contributed by atoms with Gasteiger partial charge in [-0.15, -0.1) is 11.3 Å². The summed E-state index contributed by atoms with van der Waals surface area (Å²) in [4.78, 5) is 14.8. The zero-order chi connectivity index (χ0) is 19.3. The second-order valence-electron chi connectivity index (χ2n) is 8.07. The van der Waals surface area contributed by atoms with Crippen molar-refractivity contribution < 1.29 is 0 Å². The van der Waals surface area contributed by atoms with E-state index in [9.17, 15) is 0 Å². The average molecular weight is 395 g/mol. The van der Waals surface area contributed by atoms with Crippen LogP contribution in [0, 0.1) is 18.8 Å². The van der Waals surface area contributed by atoms with Crippen LogP contribution in [0.2, 0.25) is 0 Å². The van der Waals surface area contributed by atoms with Gasteiger partial charge in [-0.25, -0.2) is 15.0 Å². The Hall–Kier alpha value is -2.01. The van der Waals surface area contributed by atoms with E-state index in [0.717, 1.165) is 50.7 Å². The van der Waals surface area contributed by atoms with Crippen molar-refractivity contribution in [3.63, 3.8) is 0 Å². The van der Waals surface area contributed by atoms with Gasteiger partial charge in [-0.1, -0.05) is 39.0 Å². The first-order valence-corrected chi connectivity index (χ1v) is 11.5. The maximum atomic E-state index is 4.83. The Labute approximate surface area is 171 Å². The van der Waals surface area contributed by atoms with Crippen LogP contribution in [-0.4, -0.2) is 21.5 Å². The smallest absolute Gasteiger partial charge is 0.128 e. The maximum Gasteiger partial charge on any atom is 0.128 e. The van der Waals surface area contributed by atoms with E-state index in [4.69, 9.17) is 4.98 Å². The molecule has 0 saturated heterocycles.